The Kier molecular flexibility index (Phi) is 4.38. The van der Waals surface area contributed by atoms with E-state index in [1.807, 2.05) is 62.4 Å². The first-order valence-corrected chi connectivity index (χ1v) is 6.99. The van der Waals surface area contributed by atoms with Crippen LogP contribution in [-0.2, 0) is 0 Å². The summed E-state index contributed by atoms with van der Waals surface area (Å²) in [5.74, 6) is -0.0665. The lowest BCUT2D eigenvalue weighted by Gasteiger charge is -2.15. The molecule has 0 bridgehead atoms. The second kappa shape index (κ2) is 6.02. The van der Waals surface area contributed by atoms with Crippen LogP contribution in [0, 0.1) is 6.92 Å². The Hall–Kier alpha value is -1.61. The smallest absolute Gasteiger partial charge is 0.252 e. The summed E-state index contributed by atoms with van der Waals surface area (Å²) in [6, 6.07) is 15.6. The van der Waals surface area contributed by atoms with Crippen molar-refractivity contribution in [2.75, 3.05) is 0 Å². The highest BCUT2D eigenvalue weighted by atomic mass is 79.9. The zero-order valence-corrected chi connectivity index (χ0v) is 12.6. The van der Waals surface area contributed by atoms with Crippen LogP contribution in [0.1, 0.15) is 34.5 Å². The van der Waals surface area contributed by atoms with Crippen molar-refractivity contribution in [3.05, 3.63) is 69.7 Å². The molecule has 0 fully saturated rings. The maximum Gasteiger partial charge on any atom is 0.252 e. The molecule has 0 aromatic heterocycles. The van der Waals surface area contributed by atoms with Crippen molar-refractivity contribution < 1.29 is 4.79 Å². The molecule has 0 aliphatic rings. The zero-order valence-electron chi connectivity index (χ0n) is 11.0. The van der Waals surface area contributed by atoms with Gasteiger partial charge < -0.3 is 5.32 Å². The van der Waals surface area contributed by atoms with E-state index in [-0.39, 0.29) is 11.9 Å². The third kappa shape index (κ3) is 3.44. The molecule has 0 saturated heterocycles. The molecule has 98 valence electrons. The van der Waals surface area contributed by atoms with Gasteiger partial charge in [0.05, 0.1) is 11.6 Å². The molecule has 0 spiro atoms. The molecule has 2 rings (SSSR count). The minimum atomic E-state index is -0.0665. The number of carbonyl (C=O) groups is 1. The highest BCUT2D eigenvalue weighted by Crippen LogP contribution is 2.20. The van der Waals surface area contributed by atoms with Crippen molar-refractivity contribution in [1.82, 2.24) is 5.32 Å². The number of aryl methyl sites for hydroxylation is 1. The van der Waals surface area contributed by atoms with Crippen LogP contribution in [0.4, 0.5) is 0 Å². The van der Waals surface area contributed by atoms with Crippen molar-refractivity contribution in [2.45, 2.75) is 19.9 Å². The van der Waals surface area contributed by atoms with Crippen LogP contribution in [0.5, 0.6) is 0 Å². The molecule has 2 aromatic rings. The minimum Gasteiger partial charge on any atom is -0.345 e. The Morgan fingerprint density at radius 3 is 2.47 bits per heavy atom. The van der Waals surface area contributed by atoms with Crippen molar-refractivity contribution >= 4 is 21.8 Å². The van der Waals surface area contributed by atoms with Crippen LogP contribution < -0.4 is 5.32 Å². The summed E-state index contributed by atoms with van der Waals surface area (Å²) in [7, 11) is 0. The van der Waals surface area contributed by atoms with Crippen molar-refractivity contribution in [3.63, 3.8) is 0 Å². The van der Waals surface area contributed by atoms with Crippen molar-refractivity contribution in [2.24, 2.45) is 0 Å². The Bertz CT molecular complexity index is 581. The van der Waals surface area contributed by atoms with Crippen molar-refractivity contribution in [3.8, 4) is 0 Å². The van der Waals surface area contributed by atoms with Gasteiger partial charge in [-0.1, -0.05) is 36.4 Å². The van der Waals surface area contributed by atoms with Gasteiger partial charge in [0.15, 0.2) is 0 Å². The van der Waals surface area contributed by atoms with Crippen LogP contribution in [0.3, 0.4) is 0 Å². The predicted octanol–water partition coefficient (Wildman–Crippen LogP) is 4.25. The summed E-state index contributed by atoms with van der Waals surface area (Å²) in [6.45, 7) is 3.98. The molecular formula is C16H16BrNO. The number of halogens is 1. The summed E-state index contributed by atoms with van der Waals surface area (Å²) >= 11 is 3.43. The van der Waals surface area contributed by atoms with Gasteiger partial charge in [0, 0.05) is 4.47 Å². The normalized spacial score (nSPS) is 11.9. The van der Waals surface area contributed by atoms with E-state index in [0.717, 1.165) is 15.6 Å². The van der Waals surface area contributed by atoms with Crippen LogP contribution in [0.25, 0.3) is 0 Å². The van der Waals surface area contributed by atoms with Gasteiger partial charge in [-0.3, -0.25) is 4.79 Å². The van der Waals surface area contributed by atoms with E-state index >= 15 is 0 Å². The maximum absolute atomic E-state index is 12.2. The van der Waals surface area contributed by atoms with E-state index < -0.39 is 0 Å². The molecule has 3 heteroatoms. The van der Waals surface area contributed by atoms with Gasteiger partial charge >= 0.3 is 0 Å². The summed E-state index contributed by atoms with van der Waals surface area (Å²) in [5, 5.41) is 3.00. The highest BCUT2D eigenvalue weighted by Gasteiger charge is 2.13. The fraction of sp³-hybridized carbons (Fsp3) is 0.188. The molecule has 2 aromatic carbocycles. The monoisotopic (exact) mass is 317 g/mol. The number of hydrogen-bond donors (Lipinski definition) is 1. The summed E-state index contributed by atoms with van der Waals surface area (Å²) in [5.41, 5.74) is 2.88. The molecule has 0 aliphatic heterocycles. The van der Waals surface area contributed by atoms with Gasteiger partial charge in [0.1, 0.15) is 0 Å². The van der Waals surface area contributed by atoms with Gasteiger partial charge in [-0.2, -0.15) is 0 Å². The Labute approximate surface area is 122 Å². The molecule has 1 N–H and O–H groups in total. The van der Waals surface area contributed by atoms with E-state index in [2.05, 4.69) is 21.2 Å². The van der Waals surface area contributed by atoms with Gasteiger partial charge in [-0.15, -0.1) is 0 Å². The fourth-order valence-electron chi connectivity index (χ4n) is 1.90. The standard InChI is InChI=1S/C16H16BrNO/c1-11-8-9-14(15(17)10-11)16(19)18-12(2)13-6-4-3-5-7-13/h3-10,12H,1-2H3,(H,18,19). The topological polar surface area (TPSA) is 29.1 Å². The minimum absolute atomic E-state index is 0.0121. The van der Waals surface area contributed by atoms with E-state index in [1.54, 1.807) is 0 Å². The van der Waals surface area contributed by atoms with E-state index in [1.165, 1.54) is 0 Å². The SMILES string of the molecule is Cc1ccc(C(=O)NC(C)c2ccccc2)c(Br)c1. The first kappa shape index (κ1) is 13.8. The predicted molar refractivity (Wildman–Crippen MR) is 81.2 cm³/mol. The highest BCUT2D eigenvalue weighted by molar-refractivity contribution is 9.10. The number of nitrogens with one attached hydrogen (secondary N) is 1. The maximum atomic E-state index is 12.2. The molecule has 0 aliphatic carbocycles. The van der Waals surface area contributed by atoms with Crippen LogP contribution in [0.2, 0.25) is 0 Å². The first-order valence-electron chi connectivity index (χ1n) is 6.20. The summed E-state index contributed by atoms with van der Waals surface area (Å²) in [4.78, 5) is 12.2. The average molecular weight is 318 g/mol. The first-order chi connectivity index (χ1) is 9.08. The molecule has 0 saturated carbocycles. The molecule has 19 heavy (non-hydrogen) atoms. The summed E-state index contributed by atoms with van der Waals surface area (Å²) in [6.07, 6.45) is 0. The van der Waals surface area contributed by atoms with Crippen molar-refractivity contribution in [1.29, 1.82) is 0 Å². The van der Waals surface area contributed by atoms with Gasteiger partial charge in [0.25, 0.3) is 5.91 Å². The molecule has 0 radical (unpaired) electrons. The Morgan fingerprint density at radius 2 is 1.84 bits per heavy atom. The molecule has 2 nitrogen and oxygen atoms in total. The second-order valence-electron chi connectivity index (χ2n) is 4.59. The van der Waals surface area contributed by atoms with Crippen LogP contribution in [0.15, 0.2) is 53.0 Å². The number of benzene rings is 2. The zero-order chi connectivity index (χ0) is 13.8. The number of carbonyl (C=O) groups excluding carboxylic acids is 1. The fourth-order valence-corrected chi connectivity index (χ4v) is 2.58. The van der Waals surface area contributed by atoms with E-state index in [0.29, 0.717) is 5.56 Å². The lowest BCUT2D eigenvalue weighted by atomic mass is 10.1. The Morgan fingerprint density at radius 1 is 1.16 bits per heavy atom. The third-order valence-electron chi connectivity index (χ3n) is 3.02. The quantitative estimate of drug-likeness (QED) is 0.901. The van der Waals surface area contributed by atoms with E-state index in [9.17, 15) is 4.79 Å². The van der Waals surface area contributed by atoms with Gasteiger partial charge in [-0.05, 0) is 53.0 Å². The lowest BCUT2D eigenvalue weighted by Crippen LogP contribution is -2.26. The molecular weight excluding hydrogens is 302 g/mol. The largest absolute Gasteiger partial charge is 0.345 e. The number of amides is 1. The van der Waals surface area contributed by atoms with Crippen LogP contribution >= 0.6 is 15.9 Å². The molecule has 0 heterocycles. The third-order valence-corrected chi connectivity index (χ3v) is 3.67. The van der Waals surface area contributed by atoms with E-state index in [4.69, 9.17) is 0 Å². The number of rotatable bonds is 3. The van der Waals surface area contributed by atoms with Gasteiger partial charge in [-0.25, -0.2) is 0 Å². The second-order valence-corrected chi connectivity index (χ2v) is 5.44. The molecule has 1 unspecified atom stereocenters. The molecule has 1 atom stereocenters. The average Bonchev–Trinajstić information content (AvgIpc) is 2.39. The van der Waals surface area contributed by atoms with Gasteiger partial charge in [0.2, 0.25) is 0 Å². The lowest BCUT2D eigenvalue weighted by molar-refractivity contribution is 0.0939. The Balaban J connectivity index is 2.13. The van der Waals surface area contributed by atoms with Crippen LogP contribution in [-0.4, -0.2) is 5.91 Å². The summed E-state index contributed by atoms with van der Waals surface area (Å²) < 4.78 is 0.824. The molecule has 1 amide bonds. The number of hydrogen-bond acceptors (Lipinski definition) is 1.